The molecule has 0 unspecified atom stereocenters. The minimum absolute atomic E-state index is 0.0943. The summed E-state index contributed by atoms with van der Waals surface area (Å²) in [7, 11) is 0. The Morgan fingerprint density at radius 2 is 1.72 bits per heavy atom. The van der Waals surface area contributed by atoms with Gasteiger partial charge in [0.25, 0.3) is 0 Å². The van der Waals surface area contributed by atoms with Crippen LogP contribution in [0.15, 0.2) is 24.3 Å². The normalized spacial score (nSPS) is 15.7. The summed E-state index contributed by atoms with van der Waals surface area (Å²) in [6.45, 7) is 2.17. The SMILES string of the molecule is N=C(SCc1ccc(CO)cc1)N1CCCCC1. The first-order valence-electron chi connectivity index (χ1n) is 6.44. The molecule has 1 saturated heterocycles. The Morgan fingerprint density at radius 1 is 1.11 bits per heavy atom. The lowest BCUT2D eigenvalue weighted by Crippen LogP contribution is -2.33. The first-order chi connectivity index (χ1) is 8.79. The molecule has 0 radical (unpaired) electrons. The molecule has 98 valence electrons. The van der Waals surface area contributed by atoms with Gasteiger partial charge in [0, 0.05) is 18.8 Å². The molecule has 4 heteroatoms. The Balaban J connectivity index is 1.80. The minimum Gasteiger partial charge on any atom is -0.392 e. The number of nitrogens with one attached hydrogen (secondary N) is 1. The summed E-state index contributed by atoms with van der Waals surface area (Å²) in [5.74, 6) is 0.834. The zero-order valence-corrected chi connectivity index (χ0v) is 11.4. The monoisotopic (exact) mass is 264 g/mol. The van der Waals surface area contributed by atoms with Gasteiger partial charge in [-0.05, 0) is 30.4 Å². The van der Waals surface area contributed by atoms with E-state index >= 15 is 0 Å². The number of likely N-dealkylation sites (tertiary alicyclic amines) is 1. The van der Waals surface area contributed by atoms with Gasteiger partial charge in [-0.15, -0.1) is 0 Å². The summed E-state index contributed by atoms with van der Waals surface area (Å²) < 4.78 is 0. The summed E-state index contributed by atoms with van der Waals surface area (Å²) in [6, 6.07) is 7.95. The number of rotatable bonds is 3. The molecule has 0 aromatic heterocycles. The predicted molar refractivity (Wildman–Crippen MR) is 76.8 cm³/mol. The Kier molecular flexibility index (Phi) is 5.08. The first-order valence-corrected chi connectivity index (χ1v) is 7.43. The number of nitrogens with zero attached hydrogens (tertiary/aromatic N) is 1. The highest BCUT2D eigenvalue weighted by molar-refractivity contribution is 8.13. The van der Waals surface area contributed by atoms with Crippen molar-refractivity contribution in [1.82, 2.24) is 4.90 Å². The minimum atomic E-state index is 0.0943. The number of piperidine rings is 1. The van der Waals surface area contributed by atoms with E-state index in [0.717, 1.165) is 24.4 Å². The number of hydrogen-bond acceptors (Lipinski definition) is 3. The highest BCUT2D eigenvalue weighted by Gasteiger charge is 2.13. The van der Waals surface area contributed by atoms with Gasteiger partial charge in [0.1, 0.15) is 0 Å². The van der Waals surface area contributed by atoms with E-state index in [4.69, 9.17) is 10.5 Å². The van der Waals surface area contributed by atoms with Crippen LogP contribution in [0.25, 0.3) is 0 Å². The van der Waals surface area contributed by atoms with Gasteiger partial charge in [-0.1, -0.05) is 36.0 Å². The average molecular weight is 264 g/mol. The Labute approximate surface area is 113 Å². The number of hydrogen-bond donors (Lipinski definition) is 2. The molecule has 0 atom stereocenters. The molecule has 0 spiro atoms. The topological polar surface area (TPSA) is 47.3 Å². The highest BCUT2D eigenvalue weighted by Crippen LogP contribution is 2.19. The van der Waals surface area contributed by atoms with Crippen molar-refractivity contribution in [2.45, 2.75) is 31.6 Å². The summed E-state index contributed by atoms with van der Waals surface area (Å²) in [5.41, 5.74) is 2.15. The fourth-order valence-corrected chi connectivity index (χ4v) is 2.94. The number of amidine groups is 1. The zero-order valence-electron chi connectivity index (χ0n) is 10.6. The predicted octanol–water partition coefficient (Wildman–Crippen LogP) is 2.83. The van der Waals surface area contributed by atoms with Crippen molar-refractivity contribution < 1.29 is 5.11 Å². The van der Waals surface area contributed by atoms with E-state index in [1.165, 1.54) is 24.8 Å². The van der Waals surface area contributed by atoms with Gasteiger partial charge < -0.3 is 10.0 Å². The second-order valence-electron chi connectivity index (χ2n) is 4.62. The maximum Gasteiger partial charge on any atom is 0.156 e. The highest BCUT2D eigenvalue weighted by atomic mass is 32.2. The van der Waals surface area contributed by atoms with Crippen LogP contribution in [-0.2, 0) is 12.4 Å². The smallest absolute Gasteiger partial charge is 0.156 e. The first kappa shape index (κ1) is 13.4. The third-order valence-electron chi connectivity index (χ3n) is 3.22. The van der Waals surface area contributed by atoms with Crippen molar-refractivity contribution in [1.29, 1.82) is 5.41 Å². The van der Waals surface area contributed by atoms with Crippen LogP contribution in [0.5, 0.6) is 0 Å². The Bertz CT molecular complexity index is 385. The van der Waals surface area contributed by atoms with Crippen LogP contribution in [0.1, 0.15) is 30.4 Å². The molecule has 0 bridgehead atoms. The van der Waals surface area contributed by atoms with Gasteiger partial charge in [-0.3, -0.25) is 5.41 Å². The molecular formula is C14H20N2OS. The number of aliphatic hydroxyl groups excluding tert-OH is 1. The molecule has 1 heterocycles. The van der Waals surface area contributed by atoms with Crippen molar-refractivity contribution in [3.63, 3.8) is 0 Å². The molecule has 2 rings (SSSR count). The van der Waals surface area contributed by atoms with E-state index in [-0.39, 0.29) is 6.61 Å². The van der Waals surface area contributed by atoms with Crippen LogP contribution in [0, 0.1) is 5.41 Å². The third-order valence-corrected chi connectivity index (χ3v) is 4.23. The molecule has 0 amide bonds. The van der Waals surface area contributed by atoms with Gasteiger partial charge in [0.2, 0.25) is 0 Å². The molecule has 0 saturated carbocycles. The van der Waals surface area contributed by atoms with E-state index in [1.807, 2.05) is 24.3 Å². The van der Waals surface area contributed by atoms with E-state index < -0.39 is 0 Å². The molecular weight excluding hydrogens is 244 g/mol. The van der Waals surface area contributed by atoms with Crippen molar-refractivity contribution in [3.8, 4) is 0 Å². The van der Waals surface area contributed by atoms with E-state index in [9.17, 15) is 0 Å². The van der Waals surface area contributed by atoms with Gasteiger partial charge in [0.15, 0.2) is 5.17 Å². The molecule has 1 aliphatic heterocycles. The maximum absolute atomic E-state index is 8.97. The van der Waals surface area contributed by atoms with E-state index in [1.54, 1.807) is 11.8 Å². The summed E-state index contributed by atoms with van der Waals surface area (Å²) >= 11 is 1.60. The third kappa shape index (κ3) is 3.75. The molecule has 1 aromatic carbocycles. The van der Waals surface area contributed by atoms with Crippen molar-refractivity contribution >= 4 is 16.9 Å². The largest absolute Gasteiger partial charge is 0.392 e. The Hall–Kier alpha value is -1.00. The van der Waals surface area contributed by atoms with Crippen LogP contribution in [0.2, 0.25) is 0 Å². The summed E-state index contributed by atoms with van der Waals surface area (Å²) in [4.78, 5) is 2.18. The number of benzene rings is 1. The van der Waals surface area contributed by atoms with Gasteiger partial charge in [-0.25, -0.2) is 0 Å². The molecule has 1 fully saturated rings. The molecule has 18 heavy (non-hydrogen) atoms. The van der Waals surface area contributed by atoms with Crippen LogP contribution < -0.4 is 0 Å². The second kappa shape index (κ2) is 6.81. The lowest BCUT2D eigenvalue weighted by molar-refractivity contribution is 0.282. The quantitative estimate of drug-likeness (QED) is 0.652. The van der Waals surface area contributed by atoms with Gasteiger partial charge in [-0.2, -0.15) is 0 Å². The zero-order chi connectivity index (χ0) is 12.8. The molecule has 1 aliphatic rings. The van der Waals surface area contributed by atoms with Crippen molar-refractivity contribution in [2.24, 2.45) is 0 Å². The van der Waals surface area contributed by atoms with Crippen LogP contribution >= 0.6 is 11.8 Å². The van der Waals surface area contributed by atoms with Crippen LogP contribution in [0.4, 0.5) is 0 Å². The van der Waals surface area contributed by atoms with Crippen molar-refractivity contribution in [3.05, 3.63) is 35.4 Å². The number of thioether (sulfide) groups is 1. The van der Waals surface area contributed by atoms with Crippen LogP contribution in [0.3, 0.4) is 0 Å². The summed E-state index contributed by atoms with van der Waals surface area (Å²) in [6.07, 6.45) is 3.74. The fraction of sp³-hybridized carbons (Fsp3) is 0.500. The second-order valence-corrected chi connectivity index (χ2v) is 5.58. The summed E-state index contributed by atoms with van der Waals surface area (Å²) in [5, 5.41) is 17.7. The maximum atomic E-state index is 8.97. The standard InChI is InChI=1S/C14H20N2OS/c15-14(16-8-2-1-3-9-16)18-11-13-6-4-12(10-17)5-7-13/h4-7,15,17H,1-3,8-11H2. The van der Waals surface area contributed by atoms with Gasteiger partial charge >= 0.3 is 0 Å². The lowest BCUT2D eigenvalue weighted by Gasteiger charge is -2.28. The lowest BCUT2D eigenvalue weighted by atomic mass is 10.1. The van der Waals surface area contributed by atoms with Crippen molar-refractivity contribution in [2.75, 3.05) is 13.1 Å². The van der Waals surface area contributed by atoms with E-state index in [0.29, 0.717) is 5.17 Å². The average Bonchev–Trinajstić information content (AvgIpc) is 2.46. The number of aliphatic hydroxyl groups is 1. The van der Waals surface area contributed by atoms with E-state index in [2.05, 4.69) is 4.90 Å². The fourth-order valence-electron chi connectivity index (χ4n) is 2.08. The molecule has 1 aromatic rings. The molecule has 3 nitrogen and oxygen atoms in total. The van der Waals surface area contributed by atoms with Gasteiger partial charge in [0.05, 0.1) is 6.61 Å². The molecule has 0 aliphatic carbocycles. The molecule has 2 N–H and O–H groups in total. The Morgan fingerprint density at radius 3 is 2.33 bits per heavy atom. The van der Waals surface area contributed by atoms with Crippen LogP contribution in [-0.4, -0.2) is 28.3 Å².